The summed E-state index contributed by atoms with van der Waals surface area (Å²) in [6, 6.07) is 8.87. The van der Waals surface area contributed by atoms with Crippen LogP contribution in [0.15, 0.2) is 36.4 Å². The predicted molar refractivity (Wildman–Crippen MR) is 112 cm³/mol. The Hall–Kier alpha value is -1.20. The van der Waals surface area contributed by atoms with Crippen molar-refractivity contribution >= 4 is 75.6 Å². The van der Waals surface area contributed by atoms with Gasteiger partial charge in [0, 0.05) is 26.7 Å². The third-order valence-corrected chi connectivity index (χ3v) is 5.26. The van der Waals surface area contributed by atoms with E-state index < -0.39 is 5.97 Å². The first kappa shape index (κ1) is 20.5. The van der Waals surface area contributed by atoms with Crippen molar-refractivity contribution in [3.8, 4) is 22.4 Å². The fraction of sp³-hybridized carbons (Fsp3) is 0. The molecule has 27 heavy (non-hydrogen) atoms. The topological polar surface area (TPSA) is 50.2 Å². The van der Waals surface area contributed by atoms with E-state index >= 15 is 0 Å². The monoisotopic (exact) mass is 479 g/mol. The molecule has 0 unspecified atom stereocenters. The van der Waals surface area contributed by atoms with E-state index in [1.165, 1.54) is 36.4 Å². The first-order valence-electron chi connectivity index (χ1n) is 7.23. The highest BCUT2D eigenvalue weighted by Crippen LogP contribution is 2.45. The SMILES string of the molecule is O=C(O)c1ccc(-c2c(Cl)cc(Cl)cc2Cl)c(-c2c(Cl)cc(Cl)cc2Cl)n1. The molecule has 0 aliphatic carbocycles. The zero-order valence-electron chi connectivity index (χ0n) is 13.0. The molecule has 2 aromatic carbocycles. The molecular weight excluding hydrogens is 475 g/mol. The number of rotatable bonds is 3. The minimum absolute atomic E-state index is 0.197. The molecule has 0 aliphatic heterocycles. The Morgan fingerprint density at radius 2 is 1.19 bits per heavy atom. The lowest BCUT2D eigenvalue weighted by Gasteiger charge is -2.15. The number of carboxylic acids is 1. The number of halogens is 6. The molecule has 0 spiro atoms. The average Bonchev–Trinajstić information content (AvgIpc) is 2.53. The molecule has 0 saturated carbocycles. The lowest BCUT2D eigenvalue weighted by molar-refractivity contribution is 0.0690. The van der Waals surface area contributed by atoms with Crippen LogP contribution in [0.25, 0.3) is 22.4 Å². The van der Waals surface area contributed by atoms with Gasteiger partial charge in [-0.3, -0.25) is 0 Å². The molecule has 138 valence electrons. The Balaban J connectivity index is 2.40. The summed E-state index contributed by atoms with van der Waals surface area (Å²) in [5, 5.41) is 10.9. The van der Waals surface area contributed by atoms with Crippen LogP contribution in [0.1, 0.15) is 10.5 Å². The van der Waals surface area contributed by atoms with Gasteiger partial charge in [0.15, 0.2) is 0 Å². The summed E-state index contributed by atoms with van der Waals surface area (Å²) in [5.41, 5.74) is 1.18. The third kappa shape index (κ3) is 4.14. The second-order valence-electron chi connectivity index (χ2n) is 5.39. The number of pyridine rings is 1. The molecule has 1 N–H and O–H groups in total. The molecule has 0 saturated heterocycles. The largest absolute Gasteiger partial charge is 0.477 e. The number of carbonyl (C=O) groups is 1. The molecular formula is C18H7Cl6NO2. The van der Waals surface area contributed by atoms with Crippen LogP contribution in [-0.4, -0.2) is 16.1 Å². The minimum Gasteiger partial charge on any atom is -0.477 e. The van der Waals surface area contributed by atoms with E-state index in [-0.39, 0.29) is 31.5 Å². The highest BCUT2D eigenvalue weighted by molar-refractivity contribution is 6.43. The van der Waals surface area contributed by atoms with E-state index in [0.29, 0.717) is 26.7 Å². The van der Waals surface area contributed by atoms with Crippen molar-refractivity contribution in [2.75, 3.05) is 0 Å². The van der Waals surface area contributed by atoms with Gasteiger partial charge in [-0.05, 0) is 36.4 Å². The van der Waals surface area contributed by atoms with Crippen LogP contribution in [0.3, 0.4) is 0 Å². The van der Waals surface area contributed by atoms with E-state index in [1.807, 2.05) is 0 Å². The van der Waals surface area contributed by atoms with Gasteiger partial charge in [-0.1, -0.05) is 69.6 Å². The van der Waals surface area contributed by atoms with Crippen LogP contribution in [0, 0.1) is 0 Å². The Kier molecular flexibility index (Phi) is 6.11. The number of carboxylic acid groups (broad SMARTS) is 1. The molecule has 0 atom stereocenters. The van der Waals surface area contributed by atoms with Gasteiger partial charge in [-0.2, -0.15) is 0 Å². The van der Waals surface area contributed by atoms with Crippen LogP contribution >= 0.6 is 69.6 Å². The number of aromatic carboxylic acids is 1. The van der Waals surface area contributed by atoms with Crippen molar-refractivity contribution in [1.82, 2.24) is 4.98 Å². The lowest BCUT2D eigenvalue weighted by Crippen LogP contribution is -2.03. The van der Waals surface area contributed by atoms with E-state index in [1.54, 1.807) is 0 Å². The zero-order valence-corrected chi connectivity index (χ0v) is 17.6. The standard InChI is InChI=1S/C18H7Cl6NO2/c19-7-3-10(21)15(11(22)4-7)9-1-2-14(18(26)27)25-17(9)16-12(23)5-8(20)6-13(16)24/h1-6H,(H,26,27). The summed E-state index contributed by atoms with van der Waals surface area (Å²) >= 11 is 37.3. The van der Waals surface area contributed by atoms with Gasteiger partial charge in [0.05, 0.1) is 25.8 Å². The molecule has 0 radical (unpaired) electrons. The maximum atomic E-state index is 11.4. The van der Waals surface area contributed by atoms with Crippen LogP contribution < -0.4 is 0 Å². The highest BCUT2D eigenvalue weighted by atomic mass is 35.5. The number of aromatic nitrogens is 1. The summed E-state index contributed by atoms with van der Waals surface area (Å²) in [5.74, 6) is -1.21. The fourth-order valence-electron chi connectivity index (χ4n) is 2.54. The normalized spacial score (nSPS) is 10.9. The van der Waals surface area contributed by atoms with Crippen molar-refractivity contribution in [2.24, 2.45) is 0 Å². The average molecular weight is 482 g/mol. The molecule has 9 heteroatoms. The Labute approximate surface area is 184 Å². The summed E-state index contributed by atoms with van der Waals surface area (Å²) in [7, 11) is 0. The van der Waals surface area contributed by atoms with Gasteiger partial charge < -0.3 is 5.11 Å². The van der Waals surface area contributed by atoms with Crippen LogP contribution in [0.4, 0.5) is 0 Å². The molecule has 0 amide bonds. The molecule has 0 fully saturated rings. The highest BCUT2D eigenvalue weighted by Gasteiger charge is 2.22. The quantitative estimate of drug-likeness (QED) is 0.412. The second kappa shape index (κ2) is 8.04. The fourth-order valence-corrected chi connectivity index (χ4v) is 4.56. The Morgan fingerprint density at radius 3 is 1.63 bits per heavy atom. The van der Waals surface area contributed by atoms with Gasteiger partial charge >= 0.3 is 5.97 Å². The molecule has 0 bridgehead atoms. The van der Waals surface area contributed by atoms with Gasteiger partial charge in [-0.15, -0.1) is 0 Å². The summed E-state index contributed by atoms with van der Waals surface area (Å²) in [6.07, 6.45) is 0. The molecule has 1 heterocycles. The molecule has 1 aromatic heterocycles. The first-order valence-corrected chi connectivity index (χ1v) is 9.50. The van der Waals surface area contributed by atoms with Gasteiger partial charge in [-0.25, -0.2) is 9.78 Å². The van der Waals surface area contributed by atoms with E-state index in [9.17, 15) is 9.90 Å². The van der Waals surface area contributed by atoms with E-state index in [4.69, 9.17) is 69.6 Å². The van der Waals surface area contributed by atoms with Gasteiger partial charge in [0.1, 0.15) is 5.69 Å². The van der Waals surface area contributed by atoms with E-state index in [2.05, 4.69) is 4.98 Å². The van der Waals surface area contributed by atoms with Crippen LogP contribution in [0.5, 0.6) is 0 Å². The lowest BCUT2D eigenvalue weighted by atomic mass is 9.98. The third-order valence-electron chi connectivity index (χ3n) is 3.63. The number of hydrogen-bond donors (Lipinski definition) is 1. The smallest absolute Gasteiger partial charge is 0.354 e. The van der Waals surface area contributed by atoms with Gasteiger partial charge in [0.25, 0.3) is 0 Å². The van der Waals surface area contributed by atoms with Crippen molar-refractivity contribution in [2.45, 2.75) is 0 Å². The van der Waals surface area contributed by atoms with Crippen molar-refractivity contribution in [1.29, 1.82) is 0 Å². The molecule has 3 nitrogen and oxygen atoms in total. The predicted octanol–water partition coefficient (Wildman–Crippen LogP) is 8.03. The summed E-state index contributed by atoms with van der Waals surface area (Å²) < 4.78 is 0. The van der Waals surface area contributed by atoms with Crippen molar-refractivity contribution < 1.29 is 9.90 Å². The van der Waals surface area contributed by atoms with E-state index in [0.717, 1.165) is 0 Å². The number of hydrogen-bond acceptors (Lipinski definition) is 2. The van der Waals surface area contributed by atoms with Crippen LogP contribution in [-0.2, 0) is 0 Å². The number of benzene rings is 2. The van der Waals surface area contributed by atoms with Crippen molar-refractivity contribution in [3.05, 3.63) is 72.2 Å². The zero-order chi connectivity index (χ0) is 19.9. The second-order valence-corrected chi connectivity index (χ2v) is 7.89. The Bertz CT molecular complexity index is 1040. The van der Waals surface area contributed by atoms with Crippen LogP contribution in [0.2, 0.25) is 30.1 Å². The number of nitrogens with zero attached hydrogens (tertiary/aromatic N) is 1. The molecule has 0 aliphatic rings. The summed E-state index contributed by atoms with van der Waals surface area (Å²) in [6.45, 7) is 0. The first-order chi connectivity index (χ1) is 12.7. The minimum atomic E-state index is -1.21. The Morgan fingerprint density at radius 1 is 0.741 bits per heavy atom. The summed E-state index contributed by atoms with van der Waals surface area (Å²) in [4.78, 5) is 15.6. The maximum absolute atomic E-state index is 11.4. The van der Waals surface area contributed by atoms with Crippen molar-refractivity contribution in [3.63, 3.8) is 0 Å². The maximum Gasteiger partial charge on any atom is 0.354 e. The molecule has 3 aromatic rings. The molecule has 3 rings (SSSR count). The van der Waals surface area contributed by atoms with Gasteiger partial charge in [0.2, 0.25) is 0 Å².